The number of methoxy groups -OCH3 is 1. The van der Waals surface area contributed by atoms with E-state index in [9.17, 15) is 4.79 Å². The van der Waals surface area contributed by atoms with Crippen LogP contribution in [0.25, 0.3) is 0 Å². The minimum atomic E-state index is -0.0842. The topological polar surface area (TPSA) is 26.3 Å². The van der Waals surface area contributed by atoms with Crippen molar-refractivity contribution in [3.63, 3.8) is 0 Å². The van der Waals surface area contributed by atoms with Gasteiger partial charge in [0, 0.05) is 0 Å². The van der Waals surface area contributed by atoms with E-state index in [4.69, 9.17) is 4.74 Å². The van der Waals surface area contributed by atoms with Crippen LogP contribution in [0.1, 0.15) is 48.5 Å². The van der Waals surface area contributed by atoms with Crippen molar-refractivity contribution >= 4 is 5.97 Å². The second-order valence-corrected chi connectivity index (χ2v) is 6.10. The van der Waals surface area contributed by atoms with Gasteiger partial charge < -0.3 is 4.74 Å². The highest BCUT2D eigenvalue weighted by atomic mass is 16.5. The van der Waals surface area contributed by atoms with Crippen molar-refractivity contribution in [3.8, 4) is 0 Å². The second kappa shape index (κ2) is 7.03. The van der Waals surface area contributed by atoms with Crippen molar-refractivity contribution < 1.29 is 9.53 Å². The molecule has 0 radical (unpaired) electrons. The molecule has 4 unspecified atom stereocenters. The lowest BCUT2D eigenvalue weighted by Crippen LogP contribution is -2.34. The largest absolute Gasteiger partial charge is 0.469 e. The predicted octanol–water partition coefficient (Wildman–Crippen LogP) is 4.00. The van der Waals surface area contributed by atoms with Crippen molar-refractivity contribution in [2.24, 2.45) is 35.5 Å². The lowest BCUT2D eigenvalue weighted by molar-refractivity contribution is -0.147. The van der Waals surface area contributed by atoms with Gasteiger partial charge in [-0.15, -0.1) is 0 Å². The summed E-state index contributed by atoms with van der Waals surface area (Å²) in [5, 5.41) is 0. The second-order valence-electron chi connectivity index (χ2n) is 6.10. The molecule has 0 aromatic heterocycles. The zero-order chi connectivity index (χ0) is 13.7. The molecule has 0 aliphatic rings. The van der Waals surface area contributed by atoms with Crippen LogP contribution in [0.3, 0.4) is 0 Å². The van der Waals surface area contributed by atoms with Crippen LogP contribution in [0.5, 0.6) is 0 Å². The Hall–Kier alpha value is -0.530. The molecule has 0 saturated carbocycles. The number of carbonyl (C=O) groups excluding carboxylic acids is 1. The van der Waals surface area contributed by atoms with Gasteiger partial charge in [-0.1, -0.05) is 48.5 Å². The number of rotatable bonds is 6. The number of ether oxygens (including phenoxy) is 1. The first-order valence-electron chi connectivity index (χ1n) is 6.81. The SMILES string of the molecule is COC(=O)C(C)C(C)C(C(C)C)C(C)C(C)C. The van der Waals surface area contributed by atoms with Gasteiger partial charge in [-0.05, 0) is 29.6 Å². The van der Waals surface area contributed by atoms with E-state index in [0.717, 1.165) is 0 Å². The van der Waals surface area contributed by atoms with E-state index in [-0.39, 0.29) is 11.9 Å². The van der Waals surface area contributed by atoms with Gasteiger partial charge in [0.25, 0.3) is 0 Å². The molecule has 0 bridgehead atoms. The molecule has 102 valence electrons. The molecule has 0 spiro atoms. The van der Waals surface area contributed by atoms with Crippen LogP contribution in [0.2, 0.25) is 0 Å². The minimum absolute atomic E-state index is 0.0198. The van der Waals surface area contributed by atoms with Crippen LogP contribution in [-0.4, -0.2) is 13.1 Å². The van der Waals surface area contributed by atoms with Gasteiger partial charge in [0.05, 0.1) is 13.0 Å². The third-order valence-electron chi connectivity index (χ3n) is 4.40. The van der Waals surface area contributed by atoms with Crippen molar-refractivity contribution in [1.82, 2.24) is 0 Å². The highest BCUT2D eigenvalue weighted by Gasteiger charge is 2.34. The van der Waals surface area contributed by atoms with Crippen molar-refractivity contribution in [1.29, 1.82) is 0 Å². The van der Waals surface area contributed by atoms with Gasteiger partial charge >= 0.3 is 5.97 Å². The van der Waals surface area contributed by atoms with Crippen LogP contribution < -0.4 is 0 Å². The maximum absolute atomic E-state index is 11.7. The molecule has 0 fully saturated rings. The van der Waals surface area contributed by atoms with Gasteiger partial charge in [0.2, 0.25) is 0 Å². The Labute approximate surface area is 107 Å². The molecule has 0 aliphatic heterocycles. The Morgan fingerprint density at radius 1 is 0.824 bits per heavy atom. The highest BCUT2D eigenvalue weighted by Crippen LogP contribution is 2.36. The predicted molar refractivity (Wildman–Crippen MR) is 72.7 cm³/mol. The number of hydrogen-bond donors (Lipinski definition) is 0. The van der Waals surface area contributed by atoms with Crippen LogP contribution in [0.15, 0.2) is 0 Å². The van der Waals surface area contributed by atoms with Gasteiger partial charge in [0.15, 0.2) is 0 Å². The molecule has 2 nitrogen and oxygen atoms in total. The molecular weight excluding hydrogens is 212 g/mol. The maximum Gasteiger partial charge on any atom is 0.308 e. The summed E-state index contributed by atoms with van der Waals surface area (Å²) in [6, 6.07) is 0. The van der Waals surface area contributed by atoms with E-state index in [1.807, 2.05) is 6.92 Å². The summed E-state index contributed by atoms with van der Waals surface area (Å²) < 4.78 is 4.86. The van der Waals surface area contributed by atoms with E-state index in [2.05, 4.69) is 41.5 Å². The van der Waals surface area contributed by atoms with Gasteiger partial charge in [0.1, 0.15) is 0 Å². The lowest BCUT2D eigenvalue weighted by atomic mass is 9.68. The van der Waals surface area contributed by atoms with Crippen LogP contribution >= 0.6 is 0 Å². The molecule has 0 heterocycles. The summed E-state index contributed by atoms with van der Waals surface area (Å²) in [5.41, 5.74) is 0. The monoisotopic (exact) mass is 242 g/mol. The van der Waals surface area contributed by atoms with Crippen LogP contribution in [0.4, 0.5) is 0 Å². The Kier molecular flexibility index (Phi) is 6.81. The summed E-state index contributed by atoms with van der Waals surface area (Å²) in [7, 11) is 1.47. The molecule has 0 aliphatic carbocycles. The van der Waals surface area contributed by atoms with Crippen molar-refractivity contribution in [2.45, 2.75) is 48.5 Å². The van der Waals surface area contributed by atoms with Crippen molar-refractivity contribution in [2.75, 3.05) is 7.11 Å². The first-order chi connectivity index (χ1) is 7.73. The number of carbonyl (C=O) groups is 1. The zero-order valence-electron chi connectivity index (χ0n) is 12.8. The minimum Gasteiger partial charge on any atom is -0.469 e. The fraction of sp³-hybridized carbons (Fsp3) is 0.933. The standard InChI is InChI=1S/C15H30O2/c1-9(2)11(5)14(10(3)4)12(6)13(7)15(16)17-8/h9-14H,1-8H3. The summed E-state index contributed by atoms with van der Waals surface area (Å²) >= 11 is 0. The molecule has 0 aromatic carbocycles. The first-order valence-corrected chi connectivity index (χ1v) is 6.81. The zero-order valence-corrected chi connectivity index (χ0v) is 12.8. The lowest BCUT2D eigenvalue weighted by Gasteiger charge is -2.37. The number of esters is 1. The quantitative estimate of drug-likeness (QED) is 0.658. The van der Waals surface area contributed by atoms with Crippen LogP contribution in [0, 0.1) is 35.5 Å². The normalized spacial score (nSPS) is 18.9. The van der Waals surface area contributed by atoms with E-state index in [1.54, 1.807) is 0 Å². The van der Waals surface area contributed by atoms with E-state index >= 15 is 0 Å². The van der Waals surface area contributed by atoms with Gasteiger partial charge in [-0.3, -0.25) is 4.79 Å². The third-order valence-corrected chi connectivity index (χ3v) is 4.40. The fourth-order valence-electron chi connectivity index (χ4n) is 2.87. The van der Waals surface area contributed by atoms with E-state index in [1.165, 1.54) is 7.11 Å². The average Bonchev–Trinajstić information content (AvgIpc) is 2.26. The Morgan fingerprint density at radius 3 is 1.59 bits per heavy atom. The summed E-state index contributed by atoms with van der Waals surface area (Å²) in [5.74, 6) is 2.68. The molecule has 0 aromatic rings. The smallest absolute Gasteiger partial charge is 0.308 e. The fourth-order valence-corrected chi connectivity index (χ4v) is 2.87. The third kappa shape index (κ3) is 4.33. The van der Waals surface area contributed by atoms with Gasteiger partial charge in [-0.25, -0.2) is 0 Å². The highest BCUT2D eigenvalue weighted by molar-refractivity contribution is 5.72. The van der Waals surface area contributed by atoms with E-state index in [0.29, 0.717) is 29.6 Å². The van der Waals surface area contributed by atoms with Crippen LogP contribution in [-0.2, 0) is 9.53 Å². The molecule has 4 atom stereocenters. The molecule has 0 rings (SSSR count). The summed E-state index contributed by atoms with van der Waals surface area (Å²) in [4.78, 5) is 11.7. The molecule has 2 heteroatoms. The first kappa shape index (κ1) is 16.5. The Balaban J connectivity index is 4.88. The molecular formula is C15H30O2. The number of hydrogen-bond acceptors (Lipinski definition) is 2. The Bertz CT molecular complexity index is 233. The van der Waals surface area contributed by atoms with Crippen molar-refractivity contribution in [3.05, 3.63) is 0 Å². The Morgan fingerprint density at radius 2 is 1.29 bits per heavy atom. The molecule has 0 N–H and O–H groups in total. The maximum atomic E-state index is 11.7. The molecule has 0 amide bonds. The summed E-state index contributed by atoms with van der Waals surface area (Å²) in [6.45, 7) is 15.5. The van der Waals surface area contributed by atoms with Gasteiger partial charge in [-0.2, -0.15) is 0 Å². The molecule has 0 saturated heterocycles. The van der Waals surface area contributed by atoms with E-state index < -0.39 is 0 Å². The molecule has 17 heavy (non-hydrogen) atoms. The summed E-state index contributed by atoms with van der Waals surface area (Å²) in [6.07, 6.45) is 0. The average molecular weight is 242 g/mol.